The molecule has 4 nitrogen and oxygen atoms in total. The summed E-state index contributed by atoms with van der Waals surface area (Å²) < 4.78 is 5.99. The van der Waals surface area contributed by atoms with E-state index in [1.807, 2.05) is 42.5 Å². The number of carbonyl (C=O) groups is 1. The molecule has 0 aliphatic heterocycles. The van der Waals surface area contributed by atoms with Crippen molar-refractivity contribution in [1.29, 1.82) is 0 Å². The van der Waals surface area contributed by atoms with E-state index in [-0.39, 0.29) is 18.3 Å². The number of rotatable bonds is 9. The fourth-order valence-electron chi connectivity index (χ4n) is 3.06. The van der Waals surface area contributed by atoms with Crippen LogP contribution < -0.4 is 10.1 Å². The van der Waals surface area contributed by atoms with Gasteiger partial charge in [0.15, 0.2) is 0 Å². The molecule has 0 aliphatic rings. The molecule has 0 radical (unpaired) electrons. The van der Waals surface area contributed by atoms with Crippen molar-refractivity contribution in [3.05, 3.63) is 65.2 Å². The highest BCUT2D eigenvalue weighted by Gasteiger charge is 2.23. The molecular formula is C22H30Cl2N2O2. The molecule has 0 saturated carbocycles. The summed E-state index contributed by atoms with van der Waals surface area (Å²) in [6.45, 7) is 10.0. The molecule has 2 rings (SSSR count). The molecule has 1 N–H and O–H groups in total. The van der Waals surface area contributed by atoms with E-state index in [2.05, 4.69) is 37.9 Å². The van der Waals surface area contributed by atoms with Crippen molar-refractivity contribution in [3.63, 3.8) is 0 Å². The van der Waals surface area contributed by atoms with Gasteiger partial charge in [-0.05, 0) is 52.0 Å². The lowest BCUT2D eigenvalue weighted by Crippen LogP contribution is -2.43. The number of ether oxygens (including phenoxy) is 1. The average Bonchev–Trinajstić information content (AvgIpc) is 2.64. The maximum Gasteiger partial charge on any atom is 0.265 e. The number of nitrogens with one attached hydrogen (secondary N) is 1. The number of amides is 1. The predicted molar refractivity (Wildman–Crippen MR) is 118 cm³/mol. The maximum absolute atomic E-state index is 12.9. The zero-order chi connectivity index (χ0) is 19.8. The molecule has 2 aromatic carbocycles. The van der Waals surface area contributed by atoms with Crippen molar-refractivity contribution < 1.29 is 9.53 Å². The van der Waals surface area contributed by atoms with Gasteiger partial charge in [0, 0.05) is 35.8 Å². The first-order valence-electron chi connectivity index (χ1n) is 9.39. The average molecular weight is 425 g/mol. The van der Waals surface area contributed by atoms with Crippen LogP contribution in [0.5, 0.6) is 5.75 Å². The van der Waals surface area contributed by atoms with E-state index in [1.165, 1.54) is 0 Å². The standard InChI is InChI=1S/C22H29ClN2O2.ClH/c1-16(2)25(17(3)4)15-14-24-22(26)21(18-10-12-19(23)13-11-18)27-20-8-6-5-7-9-20;/h5-13,16-17,21H,14-15H2,1-4H3,(H,24,26);1H. The molecule has 28 heavy (non-hydrogen) atoms. The minimum Gasteiger partial charge on any atom is -0.476 e. The number of halogens is 2. The van der Waals surface area contributed by atoms with Crippen molar-refractivity contribution in [2.75, 3.05) is 13.1 Å². The van der Waals surface area contributed by atoms with Crippen LogP contribution in [0.25, 0.3) is 0 Å². The fourth-order valence-corrected chi connectivity index (χ4v) is 3.19. The molecule has 0 aromatic heterocycles. The highest BCUT2D eigenvalue weighted by atomic mass is 35.5. The van der Waals surface area contributed by atoms with Crippen LogP contribution in [0, 0.1) is 0 Å². The molecule has 0 aliphatic carbocycles. The number of nitrogens with zero attached hydrogens (tertiary/aromatic N) is 1. The summed E-state index contributed by atoms with van der Waals surface area (Å²) in [7, 11) is 0. The van der Waals surface area contributed by atoms with Gasteiger partial charge in [-0.25, -0.2) is 0 Å². The Morgan fingerprint density at radius 3 is 2.11 bits per heavy atom. The molecule has 1 atom stereocenters. The quantitative estimate of drug-likeness (QED) is 0.607. The molecular weight excluding hydrogens is 395 g/mol. The van der Waals surface area contributed by atoms with Gasteiger partial charge >= 0.3 is 0 Å². The van der Waals surface area contributed by atoms with Gasteiger partial charge in [-0.15, -0.1) is 12.4 Å². The molecule has 6 heteroatoms. The third kappa shape index (κ3) is 7.34. The van der Waals surface area contributed by atoms with Crippen LogP contribution in [-0.2, 0) is 4.79 Å². The number of hydrogen-bond acceptors (Lipinski definition) is 3. The van der Waals surface area contributed by atoms with E-state index in [1.54, 1.807) is 12.1 Å². The smallest absolute Gasteiger partial charge is 0.265 e. The lowest BCUT2D eigenvalue weighted by atomic mass is 10.1. The Labute approximate surface area is 179 Å². The Hall–Kier alpha value is -1.75. The van der Waals surface area contributed by atoms with Gasteiger partial charge in [0.1, 0.15) is 5.75 Å². The van der Waals surface area contributed by atoms with Crippen molar-refractivity contribution in [3.8, 4) is 5.75 Å². The monoisotopic (exact) mass is 424 g/mol. The third-order valence-corrected chi connectivity index (χ3v) is 4.66. The first-order chi connectivity index (χ1) is 12.9. The van der Waals surface area contributed by atoms with Crippen LogP contribution in [0.1, 0.15) is 39.4 Å². The predicted octanol–water partition coefficient (Wildman–Crippen LogP) is 5.12. The van der Waals surface area contributed by atoms with E-state index in [0.717, 1.165) is 12.1 Å². The van der Waals surface area contributed by atoms with Crippen molar-refractivity contribution in [2.45, 2.75) is 45.9 Å². The van der Waals surface area contributed by atoms with Gasteiger partial charge in [-0.3, -0.25) is 9.69 Å². The van der Waals surface area contributed by atoms with Gasteiger partial charge in [0.25, 0.3) is 5.91 Å². The SMILES string of the molecule is CC(C)N(CCNC(=O)C(Oc1ccccc1)c1ccc(Cl)cc1)C(C)C.Cl. The molecule has 2 aromatic rings. The van der Waals surface area contributed by atoms with Gasteiger partial charge < -0.3 is 10.1 Å². The molecule has 0 heterocycles. The minimum absolute atomic E-state index is 0. The maximum atomic E-state index is 12.9. The fraction of sp³-hybridized carbons (Fsp3) is 0.409. The summed E-state index contributed by atoms with van der Waals surface area (Å²) in [5.74, 6) is 0.493. The molecule has 1 unspecified atom stereocenters. The van der Waals surface area contributed by atoms with Crippen LogP contribution in [0.15, 0.2) is 54.6 Å². The normalized spacial score (nSPS) is 12.0. The molecule has 0 bridgehead atoms. The number of hydrogen-bond donors (Lipinski definition) is 1. The number of para-hydroxylation sites is 1. The molecule has 1 amide bonds. The summed E-state index contributed by atoms with van der Waals surface area (Å²) in [5.41, 5.74) is 0.769. The summed E-state index contributed by atoms with van der Waals surface area (Å²) in [5, 5.41) is 3.64. The molecule has 0 spiro atoms. The highest BCUT2D eigenvalue weighted by molar-refractivity contribution is 6.30. The van der Waals surface area contributed by atoms with Gasteiger partial charge in [-0.2, -0.15) is 0 Å². The summed E-state index contributed by atoms with van der Waals surface area (Å²) in [6, 6.07) is 17.4. The van der Waals surface area contributed by atoms with Crippen LogP contribution >= 0.6 is 24.0 Å². The van der Waals surface area contributed by atoms with Crippen LogP contribution in [0.3, 0.4) is 0 Å². The number of carbonyl (C=O) groups excluding carboxylic acids is 1. The van der Waals surface area contributed by atoms with E-state index in [4.69, 9.17) is 16.3 Å². The second-order valence-electron chi connectivity index (χ2n) is 7.08. The summed E-state index contributed by atoms with van der Waals surface area (Å²) >= 11 is 5.99. The lowest BCUT2D eigenvalue weighted by Gasteiger charge is -2.30. The van der Waals surface area contributed by atoms with Crippen LogP contribution in [0.4, 0.5) is 0 Å². The Balaban J connectivity index is 0.00000392. The first-order valence-corrected chi connectivity index (χ1v) is 9.77. The number of benzene rings is 2. The van der Waals surface area contributed by atoms with Crippen LogP contribution in [-0.4, -0.2) is 36.0 Å². The van der Waals surface area contributed by atoms with E-state index >= 15 is 0 Å². The largest absolute Gasteiger partial charge is 0.476 e. The Kier molecular flexibility index (Phi) is 10.4. The Morgan fingerprint density at radius 1 is 1.00 bits per heavy atom. The van der Waals surface area contributed by atoms with Gasteiger partial charge in [0.05, 0.1) is 0 Å². The van der Waals surface area contributed by atoms with E-state index in [9.17, 15) is 4.79 Å². The second kappa shape index (κ2) is 11.9. The lowest BCUT2D eigenvalue weighted by molar-refractivity contribution is -0.128. The van der Waals surface area contributed by atoms with E-state index in [0.29, 0.717) is 29.4 Å². The zero-order valence-corrected chi connectivity index (χ0v) is 18.5. The molecule has 154 valence electrons. The highest BCUT2D eigenvalue weighted by Crippen LogP contribution is 2.23. The zero-order valence-electron chi connectivity index (χ0n) is 16.9. The Morgan fingerprint density at radius 2 is 1.57 bits per heavy atom. The minimum atomic E-state index is -0.726. The van der Waals surface area contributed by atoms with Gasteiger partial charge in [-0.1, -0.05) is 41.9 Å². The van der Waals surface area contributed by atoms with Gasteiger partial charge in [0.2, 0.25) is 6.10 Å². The molecule has 0 fully saturated rings. The molecule has 0 saturated heterocycles. The third-order valence-electron chi connectivity index (χ3n) is 4.40. The summed E-state index contributed by atoms with van der Waals surface area (Å²) in [6.07, 6.45) is -0.726. The van der Waals surface area contributed by atoms with Crippen molar-refractivity contribution in [1.82, 2.24) is 10.2 Å². The Bertz CT molecular complexity index is 698. The van der Waals surface area contributed by atoms with Crippen molar-refractivity contribution in [2.24, 2.45) is 0 Å². The summed E-state index contributed by atoms with van der Waals surface area (Å²) in [4.78, 5) is 15.2. The second-order valence-corrected chi connectivity index (χ2v) is 7.52. The van der Waals surface area contributed by atoms with Crippen molar-refractivity contribution >= 4 is 29.9 Å². The van der Waals surface area contributed by atoms with E-state index < -0.39 is 6.10 Å². The first kappa shape index (κ1) is 24.3. The van der Waals surface area contributed by atoms with Crippen LogP contribution in [0.2, 0.25) is 5.02 Å². The topological polar surface area (TPSA) is 41.6 Å².